The molecule has 0 fully saturated rings. The van der Waals surface area contributed by atoms with Gasteiger partial charge in [0.15, 0.2) is 9.84 Å². The quantitative estimate of drug-likeness (QED) is 0.525. The number of benzene rings is 1. The van der Waals surface area contributed by atoms with E-state index in [1.54, 1.807) is 36.7 Å². The molecular weight excluding hydrogens is 472 g/mol. The minimum Gasteiger partial charge on any atom is -0.348 e. The third kappa shape index (κ3) is 5.46. The number of fused-ring (bicyclic) bond motifs is 1. The molecule has 1 N–H and O–H groups in total. The van der Waals surface area contributed by atoms with Gasteiger partial charge in [0.05, 0.1) is 32.9 Å². The maximum Gasteiger partial charge on any atom is 0.253 e. The zero-order valence-corrected chi connectivity index (χ0v) is 20.9. The van der Waals surface area contributed by atoms with Gasteiger partial charge in [-0.1, -0.05) is 37.6 Å². The van der Waals surface area contributed by atoms with Crippen molar-refractivity contribution in [2.45, 2.75) is 44.4 Å². The third-order valence-corrected chi connectivity index (χ3v) is 7.25. The van der Waals surface area contributed by atoms with E-state index in [-0.39, 0.29) is 16.8 Å². The molecule has 7 nitrogen and oxygen atoms in total. The Morgan fingerprint density at radius 1 is 1.15 bits per heavy atom. The second kappa shape index (κ2) is 9.82. The van der Waals surface area contributed by atoms with Gasteiger partial charge in [0.2, 0.25) is 0 Å². The van der Waals surface area contributed by atoms with Crippen LogP contribution in [0.2, 0.25) is 5.02 Å². The lowest BCUT2D eigenvalue weighted by Gasteiger charge is -2.27. The Balaban J connectivity index is 1.46. The highest BCUT2D eigenvalue weighted by atomic mass is 35.5. The number of carbonyl (C=O) groups excluding carboxylic acids is 1. The molecule has 9 heteroatoms. The Hall–Kier alpha value is -2.81. The Morgan fingerprint density at radius 2 is 1.88 bits per heavy atom. The van der Waals surface area contributed by atoms with E-state index in [9.17, 15) is 13.2 Å². The summed E-state index contributed by atoms with van der Waals surface area (Å²) in [5.41, 5.74) is 4.29. The Morgan fingerprint density at radius 3 is 2.50 bits per heavy atom. The van der Waals surface area contributed by atoms with Gasteiger partial charge in [0.25, 0.3) is 5.91 Å². The van der Waals surface area contributed by atoms with E-state index in [1.165, 1.54) is 6.26 Å². The molecule has 1 aliphatic heterocycles. The van der Waals surface area contributed by atoms with Crippen LogP contribution in [0.3, 0.4) is 0 Å². The first-order valence-electron chi connectivity index (χ1n) is 11.0. The number of rotatable bonds is 7. The summed E-state index contributed by atoms with van der Waals surface area (Å²) in [5, 5.41) is 3.50. The fourth-order valence-electron chi connectivity index (χ4n) is 4.27. The highest BCUT2D eigenvalue weighted by molar-refractivity contribution is 7.90. The molecule has 0 spiro atoms. The molecule has 1 unspecified atom stereocenters. The lowest BCUT2D eigenvalue weighted by atomic mass is 9.99. The van der Waals surface area contributed by atoms with Crippen molar-refractivity contribution in [1.82, 2.24) is 20.2 Å². The summed E-state index contributed by atoms with van der Waals surface area (Å²) < 4.78 is 23.2. The molecule has 1 aliphatic rings. The van der Waals surface area contributed by atoms with Crippen LogP contribution in [0.5, 0.6) is 0 Å². The minimum absolute atomic E-state index is 0.137. The molecule has 0 radical (unpaired) electrons. The van der Waals surface area contributed by atoms with Crippen molar-refractivity contribution in [2.24, 2.45) is 5.92 Å². The molecule has 1 aromatic carbocycles. The van der Waals surface area contributed by atoms with Crippen LogP contribution in [0.25, 0.3) is 0 Å². The average Bonchev–Trinajstić information content (AvgIpc) is 3.16. The van der Waals surface area contributed by atoms with Crippen LogP contribution in [0.4, 0.5) is 0 Å². The van der Waals surface area contributed by atoms with Gasteiger partial charge >= 0.3 is 0 Å². The predicted octanol–water partition coefficient (Wildman–Crippen LogP) is 4.18. The van der Waals surface area contributed by atoms with E-state index in [0.29, 0.717) is 36.1 Å². The van der Waals surface area contributed by atoms with Crippen LogP contribution in [-0.4, -0.2) is 35.4 Å². The minimum atomic E-state index is -3.25. The SMILES string of the molecule is CC(C)C1c2ncc(C(=O)NCc3ccc(S(C)(=O)=O)cc3)cc2CN1Cc1ccc(Cl)cn1. The van der Waals surface area contributed by atoms with Gasteiger partial charge < -0.3 is 5.32 Å². The van der Waals surface area contributed by atoms with E-state index in [2.05, 4.69) is 34.0 Å². The number of nitrogens with zero attached hydrogens (tertiary/aromatic N) is 3. The molecule has 0 bridgehead atoms. The van der Waals surface area contributed by atoms with Crippen molar-refractivity contribution in [2.75, 3.05) is 6.26 Å². The van der Waals surface area contributed by atoms with Crippen LogP contribution in [0.1, 0.15) is 52.8 Å². The molecule has 2 aromatic heterocycles. The molecule has 3 heterocycles. The lowest BCUT2D eigenvalue weighted by Crippen LogP contribution is -2.26. The fraction of sp³-hybridized carbons (Fsp3) is 0.320. The Bertz CT molecular complexity index is 1290. The van der Waals surface area contributed by atoms with Gasteiger partial charge in [-0.3, -0.25) is 19.7 Å². The van der Waals surface area contributed by atoms with Crippen LogP contribution < -0.4 is 5.32 Å². The summed E-state index contributed by atoms with van der Waals surface area (Å²) in [6, 6.07) is 12.3. The van der Waals surface area contributed by atoms with E-state index in [4.69, 9.17) is 11.6 Å². The number of amides is 1. The first-order valence-corrected chi connectivity index (χ1v) is 13.3. The van der Waals surface area contributed by atoms with E-state index >= 15 is 0 Å². The number of sulfone groups is 1. The first kappa shape index (κ1) is 24.3. The van der Waals surface area contributed by atoms with Crippen molar-refractivity contribution in [3.05, 3.63) is 88.0 Å². The Kier molecular flexibility index (Phi) is 7.02. The van der Waals surface area contributed by atoms with Gasteiger partial charge in [-0.05, 0) is 47.4 Å². The molecule has 34 heavy (non-hydrogen) atoms. The monoisotopic (exact) mass is 498 g/mol. The number of halogens is 1. The van der Waals surface area contributed by atoms with Crippen LogP contribution in [0.15, 0.2) is 59.8 Å². The number of pyridine rings is 2. The van der Waals surface area contributed by atoms with Crippen molar-refractivity contribution < 1.29 is 13.2 Å². The van der Waals surface area contributed by atoms with Crippen molar-refractivity contribution in [3.63, 3.8) is 0 Å². The number of nitrogens with one attached hydrogen (secondary N) is 1. The Labute approximate surface area is 205 Å². The first-order chi connectivity index (χ1) is 16.1. The van der Waals surface area contributed by atoms with Gasteiger partial charge in [0.1, 0.15) is 0 Å². The van der Waals surface area contributed by atoms with Crippen molar-refractivity contribution in [1.29, 1.82) is 0 Å². The molecule has 178 valence electrons. The van der Waals surface area contributed by atoms with Gasteiger partial charge in [-0.2, -0.15) is 0 Å². The topological polar surface area (TPSA) is 92.3 Å². The van der Waals surface area contributed by atoms with Crippen LogP contribution >= 0.6 is 11.6 Å². The molecule has 0 aliphatic carbocycles. The van der Waals surface area contributed by atoms with E-state index < -0.39 is 9.84 Å². The largest absolute Gasteiger partial charge is 0.348 e. The second-order valence-corrected chi connectivity index (χ2v) is 11.4. The molecule has 0 saturated carbocycles. The van der Waals surface area contributed by atoms with Gasteiger partial charge in [-0.25, -0.2) is 8.42 Å². The predicted molar refractivity (Wildman–Crippen MR) is 131 cm³/mol. The van der Waals surface area contributed by atoms with Crippen molar-refractivity contribution in [3.8, 4) is 0 Å². The molecule has 1 atom stereocenters. The second-order valence-electron chi connectivity index (χ2n) is 8.93. The van der Waals surface area contributed by atoms with Crippen LogP contribution in [0, 0.1) is 5.92 Å². The summed E-state index contributed by atoms with van der Waals surface area (Å²) in [7, 11) is -3.25. The highest BCUT2D eigenvalue weighted by Crippen LogP contribution is 2.38. The number of hydrogen-bond acceptors (Lipinski definition) is 6. The molecular formula is C25H27ClN4O3S. The molecule has 0 saturated heterocycles. The zero-order valence-electron chi connectivity index (χ0n) is 19.3. The molecule has 3 aromatic rings. The van der Waals surface area contributed by atoms with Crippen molar-refractivity contribution >= 4 is 27.3 Å². The third-order valence-electron chi connectivity index (χ3n) is 5.90. The van der Waals surface area contributed by atoms with E-state index in [1.807, 2.05) is 18.2 Å². The number of carbonyl (C=O) groups is 1. The van der Waals surface area contributed by atoms with Crippen LogP contribution in [-0.2, 0) is 29.5 Å². The van der Waals surface area contributed by atoms with E-state index in [0.717, 1.165) is 22.5 Å². The average molecular weight is 499 g/mol. The summed E-state index contributed by atoms with van der Waals surface area (Å²) in [4.78, 5) is 24.5. The standard InChI is InChI=1S/C25H27ClN4O3S/c1-16(2)24-23-19(14-30(24)15-21-7-6-20(26)13-27-21)10-18(12-28-23)25(31)29-11-17-4-8-22(9-5-17)34(3,32)33/h4-10,12-13,16,24H,11,14-15H2,1-3H3,(H,29,31). The maximum absolute atomic E-state index is 12.8. The fourth-order valence-corrected chi connectivity index (χ4v) is 5.01. The lowest BCUT2D eigenvalue weighted by molar-refractivity contribution is 0.0950. The zero-order chi connectivity index (χ0) is 24.5. The summed E-state index contributed by atoms with van der Waals surface area (Å²) in [5.74, 6) is 0.122. The smallest absolute Gasteiger partial charge is 0.253 e. The highest BCUT2D eigenvalue weighted by Gasteiger charge is 2.34. The summed E-state index contributed by atoms with van der Waals surface area (Å²) in [6.07, 6.45) is 4.45. The molecule has 4 rings (SSSR count). The van der Waals surface area contributed by atoms with Gasteiger partial charge in [-0.15, -0.1) is 0 Å². The van der Waals surface area contributed by atoms with Gasteiger partial charge in [0, 0.05) is 38.3 Å². The summed E-state index contributed by atoms with van der Waals surface area (Å²) >= 11 is 5.97. The number of aromatic nitrogens is 2. The maximum atomic E-state index is 12.8. The molecule has 1 amide bonds. The number of hydrogen-bond donors (Lipinski definition) is 1. The normalized spacial score (nSPS) is 16.0. The summed E-state index contributed by atoms with van der Waals surface area (Å²) in [6.45, 7) is 5.98.